The van der Waals surface area contributed by atoms with E-state index < -0.39 is 0 Å². The maximum absolute atomic E-state index is 12.5. The SMILES string of the molecule is CCC1CCNC(C(=O)NC(CC)c2ccc(C)cc2)C1. The van der Waals surface area contributed by atoms with Crippen LogP contribution in [-0.4, -0.2) is 18.5 Å². The molecule has 0 bridgehead atoms. The number of nitrogens with one attached hydrogen (secondary N) is 2. The lowest BCUT2D eigenvalue weighted by atomic mass is 9.90. The van der Waals surface area contributed by atoms with Crippen LogP contribution < -0.4 is 10.6 Å². The van der Waals surface area contributed by atoms with Crippen LogP contribution >= 0.6 is 0 Å². The molecule has 0 radical (unpaired) electrons. The summed E-state index contributed by atoms with van der Waals surface area (Å²) in [5.41, 5.74) is 2.44. The van der Waals surface area contributed by atoms with E-state index in [9.17, 15) is 4.79 Å². The standard InChI is InChI=1S/C18H28N2O/c1-4-14-10-11-19-17(12-14)18(21)20-16(5-2)15-8-6-13(3)7-9-15/h6-9,14,16-17,19H,4-5,10-12H2,1-3H3,(H,20,21). The van der Waals surface area contributed by atoms with E-state index in [2.05, 4.69) is 55.7 Å². The summed E-state index contributed by atoms with van der Waals surface area (Å²) in [5.74, 6) is 0.835. The van der Waals surface area contributed by atoms with Crippen molar-refractivity contribution in [2.24, 2.45) is 5.92 Å². The van der Waals surface area contributed by atoms with E-state index in [0.717, 1.165) is 19.4 Å². The number of benzene rings is 1. The van der Waals surface area contributed by atoms with Gasteiger partial charge in [-0.25, -0.2) is 0 Å². The Balaban J connectivity index is 1.97. The van der Waals surface area contributed by atoms with Gasteiger partial charge in [-0.15, -0.1) is 0 Å². The predicted molar refractivity (Wildman–Crippen MR) is 87.2 cm³/mol. The molecule has 3 heteroatoms. The molecule has 1 fully saturated rings. The molecule has 1 heterocycles. The Hall–Kier alpha value is -1.35. The maximum Gasteiger partial charge on any atom is 0.237 e. The lowest BCUT2D eigenvalue weighted by molar-refractivity contribution is -0.124. The zero-order chi connectivity index (χ0) is 15.2. The van der Waals surface area contributed by atoms with Crippen LogP contribution in [0, 0.1) is 12.8 Å². The van der Waals surface area contributed by atoms with Gasteiger partial charge in [0, 0.05) is 0 Å². The second-order valence-corrected chi connectivity index (χ2v) is 6.19. The van der Waals surface area contributed by atoms with Crippen molar-refractivity contribution < 1.29 is 4.79 Å². The summed E-state index contributed by atoms with van der Waals surface area (Å²) in [5, 5.41) is 6.58. The van der Waals surface area contributed by atoms with Crippen LogP contribution in [0.4, 0.5) is 0 Å². The van der Waals surface area contributed by atoms with Gasteiger partial charge < -0.3 is 10.6 Å². The molecule has 0 aromatic heterocycles. The highest BCUT2D eigenvalue weighted by Gasteiger charge is 2.27. The summed E-state index contributed by atoms with van der Waals surface area (Å²) in [4.78, 5) is 12.5. The van der Waals surface area contributed by atoms with Crippen LogP contribution in [0.1, 0.15) is 56.7 Å². The van der Waals surface area contributed by atoms with Gasteiger partial charge in [0.15, 0.2) is 0 Å². The number of aryl methyl sites for hydroxylation is 1. The fourth-order valence-corrected chi connectivity index (χ4v) is 3.06. The van der Waals surface area contributed by atoms with Crippen molar-refractivity contribution in [2.75, 3.05) is 6.54 Å². The summed E-state index contributed by atoms with van der Waals surface area (Å²) < 4.78 is 0. The lowest BCUT2D eigenvalue weighted by Gasteiger charge is -2.30. The Kier molecular flexibility index (Phi) is 5.80. The molecule has 1 aliphatic rings. The Morgan fingerprint density at radius 2 is 2.05 bits per heavy atom. The van der Waals surface area contributed by atoms with Crippen molar-refractivity contribution in [3.8, 4) is 0 Å². The van der Waals surface area contributed by atoms with Crippen LogP contribution in [0.2, 0.25) is 0 Å². The molecular formula is C18H28N2O. The lowest BCUT2D eigenvalue weighted by Crippen LogP contribution is -2.49. The first kappa shape index (κ1) is 16.0. The van der Waals surface area contributed by atoms with Crippen molar-refractivity contribution in [3.05, 3.63) is 35.4 Å². The van der Waals surface area contributed by atoms with E-state index >= 15 is 0 Å². The zero-order valence-electron chi connectivity index (χ0n) is 13.5. The van der Waals surface area contributed by atoms with Crippen molar-refractivity contribution in [1.29, 1.82) is 0 Å². The first-order valence-electron chi connectivity index (χ1n) is 8.24. The Morgan fingerprint density at radius 1 is 1.33 bits per heavy atom. The van der Waals surface area contributed by atoms with Gasteiger partial charge in [-0.05, 0) is 44.2 Å². The Labute approximate surface area is 128 Å². The molecule has 0 aliphatic carbocycles. The molecule has 1 aliphatic heterocycles. The van der Waals surface area contributed by atoms with Crippen molar-refractivity contribution >= 4 is 5.91 Å². The molecule has 1 aromatic carbocycles. The number of amides is 1. The van der Waals surface area contributed by atoms with Crippen LogP contribution in [0.3, 0.4) is 0 Å². The van der Waals surface area contributed by atoms with Crippen LogP contribution in [0.15, 0.2) is 24.3 Å². The minimum atomic E-state index is -0.0248. The molecule has 116 valence electrons. The molecule has 1 aromatic rings. The van der Waals surface area contributed by atoms with Crippen LogP contribution in [-0.2, 0) is 4.79 Å². The Morgan fingerprint density at radius 3 is 2.67 bits per heavy atom. The molecular weight excluding hydrogens is 260 g/mol. The maximum atomic E-state index is 12.5. The fourth-order valence-electron chi connectivity index (χ4n) is 3.06. The van der Waals surface area contributed by atoms with Crippen molar-refractivity contribution in [3.63, 3.8) is 0 Å². The van der Waals surface area contributed by atoms with Gasteiger partial charge in [-0.3, -0.25) is 4.79 Å². The smallest absolute Gasteiger partial charge is 0.237 e. The number of rotatable bonds is 5. The summed E-state index contributed by atoms with van der Waals surface area (Å²) in [6.45, 7) is 7.37. The molecule has 2 N–H and O–H groups in total. The first-order valence-corrected chi connectivity index (χ1v) is 8.24. The quantitative estimate of drug-likeness (QED) is 0.872. The third-order valence-electron chi connectivity index (χ3n) is 4.61. The van der Waals surface area contributed by atoms with E-state index in [1.54, 1.807) is 0 Å². The topological polar surface area (TPSA) is 41.1 Å². The molecule has 0 spiro atoms. The second-order valence-electron chi connectivity index (χ2n) is 6.19. The average Bonchev–Trinajstić information content (AvgIpc) is 2.53. The van der Waals surface area contributed by atoms with E-state index in [-0.39, 0.29) is 18.0 Å². The molecule has 3 atom stereocenters. The number of hydrogen-bond donors (Lipinski definition) is 2. The van der Waals surface area contributed by atoms with Crippen molar-refractivity contribution in [2.45, 2.75) is 58.5 Å². The summed E-state index contributed by atoms with van der Waals surface area (Å²) in [6, 6.07) is 8.54. The minimum absolute atomic E-state index is 0.0248. The third kappa shape index (κ3) is 4.31. The third-order valence-corrected chi connectivity index (χ3v) is 4.61. The molecule has 2 rings (SSSR count). The highest BCUT2D eigenvalue weighted by molar-refractivity contribution is 5.82. The highest BCUT2D eigenvalue weighted by Crippen LogP contribution is 2.21. The van der Waals surface area contributed by atoms with Gasteiger partial charge in [0.25, 0.3) is 0 Å². The minimum Gasteiger partial charge on any atom is -0.348 e. The van der Waals surface area contributed by atoms with Gasteiger partial charge in [0.05, 0.1) is 12.1 Å². The molecule has 3 nitrogen and oxygen atoms in total. The molecule has 0 saturated carbocycles. The summed E-state index contributed by atoms with van der Waals surface area (Å²) in [6.07, 6.45) is 4.24. The number of carbonyl (C=O) groups excluding carboxylic acids is 1. The monoisotopic (exact) mass is 288 g/mol. The second kappa shape index (κ2) is 7.60. The van der Waals surface area contributed by atoms with Gasteiger partial charge >= 0.3 is 0 Å². The normalized spacial score (nSPS) is 23.6. The zero-order valence-corrected chi connectivity index (χ0v) is 13.5. The number of carbonyl (C=O) groups is 1. The van der Waals surface area contributed by atoms with E-state index in [1.165, 1.54) is 24.0 Å². The predicted octanol–water partition coefficient (Wildman–Crippen LogP) is 3.34. The van der Waals surface area contributed by atoms with Gasteiger partial charge in [-0.2, -0.15) is 0 Å². The largest absolute Gasteiger partial charge is 0.348 e. The average molecular weight is 288 g/mol. The van der Waals surface area contributed by atoms with E-state index in [1.807, 2.05) is 0 Å². The molecule has 1 amide bonds. The molecule has 1 saturated heterocycles. The fraction of sp³-hybridized carbons (Fsp3) is 0.611. The summed E-state index contributed by atoms with van der Waals surface area (Å²) >= 11 is 0. The summed E-state index contributed by atoms with van der Waals surface area (Å²) in [7, 11) is 0. The Bertz CT molecular complexity index is 455. The van der Waals surface area contributed by atoms with E-state index in [4.69, 9.17) is 0 Å². The highest BCUT2D eigenvalue weighted by atomic mass is 16.2. The number of hydrogen-bond acceptors (Lipinski definition) is 2. The van der Waals surface area contributed by atoms with Crippen LogP contribution in [0.25, 0.3) is 0 Å². The van der Waals surface area contributed by atoms with Gasteiger partial charge in [0.2, 0.25) is 5.91 Å². The van der Waals surface area contributed by atoms with Gasteiger partial charge in [-0.1, -0.05) is 50.1 Å². The molecule has 21 heavy (non-hydrogen) atoms. The van der Waals surface area contributed by atoms with E-state index in [0.29, 0.717) is 5.92 Å². The van der Waals surface area contributed by atoms with Gasteiger partial charge in [0.1, 0.15) is 0 Å². The first-order chi connectivity index (χ1) is 10.1. The number of piperidine rings is 1. The van der Waals surface area contributed by atoms with Crippen molar-refractivity contribution in [1.82, 2.24) is 10.6 Å². The van der Waals surface area contributed by atoms with Crippen LogP contribution in [0.5, 0.6) is 0 Å². The molecule has 3 unspecified atom stereocenters.